The van der Waals surface area contributed by atoms with Gasteiger partial charge in [0.05, 0.1) is 34.1 Å². The Morgan fingerprint density at radius 2 is 1.79 bits per heavy atom. The van der Waals surface area contributed by atoms with E-state index in [1.807, 2.05) is 0 Å². The Kier molecular flexibility index (Phi) is 11.0. The lowest BCUT2D eigenvalue weighted by Gasteiger charge is -2.37. The molecule has 0 radical (unpaired) electrons. The molecule has 4 heterocycles. The summed E-state index contributed by atoms with van der Waals surface area (Å²) in [6.45, 7) is 1.48. The maximum Gasteiger partial charge on any atom is 0.435 e. The molecule has 4 N–H and O–H groups in total. The molecule has 3 aromatic rings. The Labute approximate surface area is 268 Å². The predicted octanol–water partition coefficient (Wildman–Crippen LogP) is 2.61. The third-order valence-corrected chi connectivity index (χ3v) is 7.56. The van der Waals surface area contributed by atoms with Crippen LogP contribution in [0.1, 0.15) is 26.7 Å². The molecule has 0 spiro atoms. The summed E-state index contributed by atoms with van der Waals surface area (Å²) < 4.78 is 67.9. The molecule has 0 bridgehead atoms. The molecule has 1 aromatic carbocycles. The molecular weight excluding hydrogens is 661 g/mol. The van der Waals surface area contributed by atoms with Gasteiger partial charge in [0.15, 0.2) is 11.5 Å². The zero-order valence-electron chi connectivity index (χ0n) is 24.6. The number of piperazine rings is 1. The van der Waals surface area contributed by atoms with Gasteiger partial charge in [-0.3, -0.25) is 19.1 Å². The van der Waals surface area contributed by atoms with Gasteiger partial charge in [0, 0.05) is 58.2 Å². The number of imidazole rings is 1. The van der Waals surface area contributed by atoms with E-state index >= 15 is 0 Å². The molecule has 2 aliphatic rings. The van der Waals surface area contributed by atoms with Crippen molar-refractivity contribution in [3.63, 3.8) is 0 Å². The van der Waals surface area contributed by atoms with Crippen LogP contribution in [-0.4, -0.2) is 110 Å². The normalized spacial score (nSPS) is 15.1. The number of aromatic nitrogens is 4. The first-order chi connectivity index (χ1) is 22.2. The number of benzene rings is 1. The SMILES string of the molecule is Cn1c(-c2cn(CC(F)F)nc2C(F)(F)F)cnc1C(=O)Nc1ccc(C(=O)N2CCN(C(=O)NC3CNC3)CC2)c(Cl)c1.O=CO. The van der Waals surface area contributed by atoms with Crippen molar-refractivity contribution in [1.29, 1.82) is 0 Å². The minimum Gasteiger partial charge on any atom is -0.483 e. The first-order valence-corrected chi connectivity index (χ1v) is 14.3. The number of carboxylic acid groups (broad SMARTS) is 1. The summed E-state index contributed by atoms with van der Waals surface area (Å²) in [5.41, 5.74) is -1.71. The van der Waals surface area contributed by atoms with Crippen molar-refractivity contribution >= 4 is 41.6 Å². The summed E-state index contributed by atoms with van der Waals surface area (Å²) in [6.07, 6.45) is -6.04. The summed E-state index contributed by atoms with van der Waals surface area (Å²) >= 11 is 6.38. The number of halogens is 6. The topological polar surface area (TPSA) is 167 Å². The number of nitrogens with zero attached hydrogens (tertiary/aromatic N) is 6. The molecule has 2 fully saturated rings. The number of nitrogens with one attached hydrogen (secondary N) is 3. The lowest BCUT2D eigenvalue weighted by atomic mass is 10.1. The molecule has 0 atom stereocenters. The lowest BCUT2D eigenvalue weighted by molar-refractivity contribution is -0.141. The Hall–Kier alpha value is -4.78. The van der Waals surface area contributed by atoms with Crippen molar-refractivity contribution in [3.8, 4) is 11.3 Å². The van der Waals surface area contributed by atoms with Crippen LogP contribution in [0.15, 0.2) is 30.6 Å². The van der Waals surface area contributed by atoms with Crippen molar-refractivity contribution < 1.29 is 46.2 Å². The van der Waals surface area contributed by atoms with Gasteiger partial charge >= 0.3 is 12.2 Å². The zero-order valence-corrected chi connectivity index (χ0v) is 25.4. The van der Waals surface area contributed by atoms with E-state index in [4.69, 9.17) is 21.5 Å². The van der Waals surface area contributed by atoms with Crippen LogP contribution in [0.5, 0.6) is 0 Å². The summed E-state index contributed by atoms with van der Waals surface area (Å²) in [4.78, 5) is 53.9. The molecule has 0 aliphatic carbocycles. The number of rotatable bonds is 7. The number of hydrogen-bond donors (Lipinski definition) is 4. The molecule has 5 rings (SSSR count). The van der Waals surface area contributed by atoms with Gasteiger partial charge in [-0.05, 0) is 18.2 Å². The van der Waals surface area contributed by atoms with Gasteiger partial charge in [-0.15, -0.1) is 0 Å². The Bertz CT molecular complexity index is 1620. The maximum atomic E-state index is 13.6. The molecule has 254 valence electrons. The van der Waals surface area contributed by atoms with E-state index < -0.39 is 36.3 Å². The fourth-order valence-corrected chi connectivity index (χ4v) is 5.08. The first kappa shape index (κ1) is 35.1. The van der Waals surface area contributed by atoms with E-state index in [1.165, 1.54) is 25.2 Å². The zero-order chi connectivity index (χ0) is 34.5. The van der Waals surface area contributed by atoms with Crippen molar-refractivity contribution in [2.45, 2.75) is 25.2 Å². The van der Waals surface area contributed by atoms with E-state index in [2.05, 4.69) is 26.0 Å². The number of carbonyl (C=O) groups is 4. The Morgan fingerprint density at radius 1 is 1.15 bits per heavy atom. The highest BCUT2D eigenvalue weighted by atomic mass is 35.5. The van der Waals surface area contributed by atoms with Crippen LogP contribution in [0.25, 0.3) is 11.3 Å². The van der Waals surface area contributed by atoms with Crippen LogP contribution in [-0.2, 0) is 24.6 Å². The summed E-state index contributed by atoms with van der Waals surface area (Å²) in [5, 5.41) is 18.7. The summed E-state index contributed by atoms with van der Waals surface area (Å²) in [6, 6.07) is 4.15. The van der Waals surface area contributed by atoms with Crippen LogP contribution < -0.4 is 16.0 Å². The second kappa shape index (κ2) is 14.8. The Morgan fingerprint density at radius 3 is 2.34 bits per heavy atom. The summed E-state index contributed by atoms with van der Waals surface area (Å²) in [7, 11) is 1.30. The average Bonchev–Trinajstić information content (AvgIpc) is 3.58. The van der Waals surface area contributed by atoms with Gasteiger partial charge in [0.1, 0.15) is 6.54 Å². The molecule has 0 unspecified atom stereocenters. The van der Waals surface area contributed by atoms with Crippen LogP contribution in [0.3, 0.4) is 0 Å². The number of carbonyl (C=O) groups excluding carboxylic acids is 3. The van der Waals surface area contributed by atoms with Crippen LogP contribution in [0.2, 0.25) is 5.02 Å². The fourth-order valence-electron chi connectivity index (χ4n) is 4.82. The summed E-state index contributed by atoms with van der Waals surface area (Å²) in [5.74, 6) is -1.42. The lowest BCUT2D eigenvalue weighted by Crippen LogP contribution is -2.61. The van der Waals surface area contributed by atoms with Gasteiger partial charge in [-0.2, -0.15) is 18.3 Å². The molecular formula is C27H29ClF5N9O5. The van der Waals surface area contributed by atoms with Crippen molar-refractivity contribution in [2.75, 3.05) is 44.6 Å². The number of alkyl halides is 5. The molecule has 2 aliphatic heterocycles. The van der Waals surface area contributed by atoms with Gasteiger partial charge < -0.3 is 35.4 Å². The van der Waals surface area contributed by atoms with Crippen molar-refractivity contribution in [3.05, 3.63) is 52.7 Å². The molecule has 14 nitrogen and oxygen atoms in total. The second-order valence-electron chi connectivity index (χ2n) is 10.4. The largest absolute Gasteiger partial charge is 0.483 e. The molecule has 20 heteroatoms. The minimum atomic E-state index is -4.94. The van der Waals surface area contributed by atoms with E-state index in [9.17, 15) is 36.3 Å². The molecule has 2 aromatic heterocycles. The fraction of sp³-hybridized carbons (Fsp3) is 0.407. The van der Waals surface area contributed by atoms with E-state index in [0.29, 0.717) is 30.9 Å². The second-order valence-corrected chi connectivity index (χ2v) is 10.8. The van der Waals surface area contributed by atoms with Crippen LogP contribution in [0, 0.1) is 0 Å². The smallest absolute Gasteiger partial charge is 0.435 e. The van der Waals surface area contributed by atoms with Gasteiger partial charge in [-0.25, -0.2) is 18.6 Å². The van der Waals surface area contributed by atoms with E-state index in [0.717, 1.165) is 30.1 Å². The molecule has 2 saturated heterocycles. The molecule has 47 heavy (non-hydrogen) atoms. The number of anilines is 1. The minimum absolute atomic E-state index is 0.0484. The highest BCUT2D eigenvalue weighted by Crippen LogP contribution is 2.36. The third-order valence-electron chi connectivity index (χ3n) is 7.24. The molecule has 4 amide bonds. The maximum absolute atomic E-state index is 13.6. The van der Waals surface area contributed by atoms with E-state index in [-0.39, 0.29) is 52.2 Å². The number of amides is 4. The molecule has 0 saturated carbocycles. The first-order valence-electron chi connectivity index (χ1n) is 13.9. The average molecular weight is 690 g/mol. The van der Waals surface area contributed by atoms with Crippen molar-refractivity contribution in [2.24, 2.45) is 7.05 Å². The Balaban J connectivity index is 0.00000160. The van der Waals surface area contributed by atoms with Crippen LogP contribution >= 0.6 is 11.6 Å². The van der Waals surface area contributed by atoms with Gasteiger partial charge in [0.2, 0.25) is 0 Å². The monoisotopic (exact) mass is 689 g/mol. The predicted molar refractivity (Wildman–Crippen MR) is 156 cm³/mol. The highest BCUT2D eigenvalue weighted by molar-refractivity contribution is 6.34. The quantitative estimate of drug-likeness (QED) is 0.217. The van der Waals surface area contributed by atoms with Crippen LogP contribution in [0.4, 0.5) is 32.4 Å². The van der Waals surface area contributed by atoms with Gasteiger partial charge in [0.25, 0.3) is 24.7 Å². The highest BCUT2D eigenvalue weighted by Gasteiger charge is 2.39. The van der Waals surface area contributed by atoms with E-state index in [1.54, 1.807) is 9.80 Å². The van der Waals surface area contributed by atoms with Crippen molar-refractivity contribution in [1.82, 2.24) is 39.8 Å². The number of urea groups is 1. The number of hydrogen-bond acceptors (Lipinski definition) is 7. The third kappa shape index (κ3) is 8.33. The standard InChI is InChI=1S/C26H27ClF5N9O3.CH2O2/c1-38-19(17-12-41(13-20(28)29)37-21(17)26(30,31)32)11-34-22(38)23(42)35-14-2-3-16(18(27)8-14)24(43)39-4-6-40(7-5-39)25(44)36-15-9-33-10-15;2-1-3/h2-3,8,11-12,15,20,33H,4-7,9-10,13H2,1H3,(H,35,42)(H,36,44);1H,(H,2,3). The van der Waals surface area contributed by atoms with Gasteiger partial charge in [-0.1, -0.05) is 11.6 Å².